The Kier molecular flexibility index (Phi) is 5.43. The smallest absolute Gasteiger partial charge is 0.308 e. The summed E-state index contributed by atoms with van der Waals surface area (Å²) in [6, 6.07) is 12.6. The van der Waals surface area contributed by atoms with Gasteiger partial charge in [0.25, 0.3) is 0 Å². The number of carbonyl (C=O) groups is 1. The predicted octanol–water partition coefficient (Wildman–Crippen LogP) is 2.69. The van der Waals surface area contributed by atoms with Crippen molar-refractivity contribution in [1.82, 2.24) is 15.5 Å². The topological polar surface area (TPSA) is 86.5 Å². The van der Waals surface area contributed by atoms with E-state index < -0.39 is 5.91 Å². The second-order valence-electron chi connectivity index (χ2n) is 5.20. The molecule has 0 aliphatic rings. The Balaban J connectivity index is 1.48. The molecule has 0 aliphatic heterocycles. The van der Waals surface area contributed by atoms with Crippen molar-refractivity contribution in [3.63, 3.8) is 0 Å². The zero-order chi connectivity index (χ0) is 18.4. The van der Waals surface area contributed by atoms with Gasteiger partial charge in [-0.25, -0.2) is 4.39 Å². The number of hydrogen-bond donors (Lipinski definition) is 1. The highest BCUT2D eigenvalue weighted by atomic mass is 19.1. The van der Waals surface area contributed by atoms with Crippen LogP contribution in [0.5, 0.6) is 11.5 Å². The van der Waals surface area contributed by atoms with Gasteiger partial charge in [-0.3, -0.25) is 4.79 Å². The molecule has 0 spiro atoms. The molecule has 0 unspecified atom stereocenters. The van der Waals surface area contributed by atoms with E-state index in [2.05, 4.69) is 15.5 Å². The summed E-state index contributed by atoms with van der Waals surface area (Å²) in [4.78, 5) is 12.0. The first-order valence-electron chi connectivity index (χ1n) is 7.80. The van der Waals surface area contributed by atoms with Crippen LogP contribution >= 0.6 is 0 Å². The van der Waals surface area contributed by atoms with Gasteiger partial charge in [0.2, 0.25) is 5.89 Å². The zero-order valence-corrected chi connectivity index (χ0v) is 13.9. The fraction of sp³-hybridized carbons (Fsp3) is 0.167. The van der Waals surface area contributed by atoms with Crippen LogP contribution in [0.25, 0.3) is 11.5 Å². The molecule has 1 aromatic heterocycles. The third-order valence-electron chi connectivity index (χ3n) is 3.43. The quantitative estimate of drug-likeness (QED) is 0.654. The Morgan fingerprint density at radius 3 is 2.46 bits per heavy atom. The van der Waals surface area contributed by atoms with E-state index in [1.807, 2.05) is 0 Å². The molecule has 8 heteroatoms. The van der Waals surface area contributed by atoms with Gasteiger partial charge in [0, 0.05) is 5.56 Å². The van der Waals surface area contributed by atoms with Crippen LogP contribution in [0.15, 0.2) is 52.9 Å². The molecule has 0 radical (unpaired) electrons. The SMILES string of the molecule is COc1ccc(OCCNC(=O)c2nnc(-c3ccc(F)cc3)o2)cc1. The molecule has 1 N–H and O–H groups in total. The maximum Gasteiger partial charge on any atom is 0.308 e. The minimum atomic E-state index is -0.510. The minimum Gasteiger partial charge on any atom is -0.497 e. The first kappa shape index (κ1) is 17.4. The van der Waals surface area contributed by atoms with Crippen LogP contribution in [0.3, 0.4) is 0 Å². The molecule has 1 heterocycles. The fourth-order valence-electron chi connectivity index (χ4n) is 2.11. The summed E-state index contributed by atoms with van der Waals surface area (Å²) in [5, 5.41) is 10.1. The number of hydrogen-bond acceptors (Lipinski definition) is 6. The summed E-state index contributed by atoms with van der Waals surface area (Å²) in [6.45, 7) is 0.538. The third kappa shape index (κ3) is 4.35. The molecule has 0 atom stereocenters. The molecular formula is C18H16FN3O4. The Morgan fingerprint density at radius 2 is 1.77 bits per heavy atom. The monoisotopic (exact) mass is 357 g/mol. The van der Waals surface area contributed by atoms with E-state index in [0.717, 1.165) is 5.75 Å². The Morgan fingerprint density at radius 1 is 1.08 bits per heavy atom. The Bertz CT molecular complexity index is 863. The maximum atomic E-state index is 12.9. The molecule has 0 aliphatic carbocycles. The molecule has 0 bridgehead atoms. The van der Waals surface area contributed by atoms with E-state index in [9.17, 15) is 9.18 Å². The van der Waals surface area contributed by atoms with Crippen molar-refractivity contribution in [3.8, 4) is 23.0 Å². The van der Waals surface area contributed by atoms with Gasteiger partial charge in [-0.05, 0) is 48.5 Å². The standard InChI is InChI=1S/C18H16FN3O4/c1-24-14-6-8-15(9-7-14)25-11-10-20-16(23)18-22-21-17(26-18)12-2-4-13(19)5-3-12/h2-9H,10-11H2,1H3,(H,20,23). The average Bonchev–Trinajstić information content (AvgIpc) is 3.16. The normalized spacial score (nSPS) is 10.4. The highest BCUT2D eigenvalue weighted by molar-refractivity contribution is 5.89. The van der Waals surface area contributed by atoms with Crippen molar-refractivity contribution in [2.24, 2.45) is 0 Å². The summed E-state index contributed by atoms with van der Waals surface area (Å²) in [7, 11) is 1.59. The molecular weight excluding hydrogens is 341 g/mol. The van der Waals surface area contributed by atoms with Gasteiger partial charge < -0.3 is 19.2 Å². The molecule has 2 aromatic carbocycles. The lowest BCUT2D eigenvalue weighted by Crippen LogP contribution is -2.28. The van der Waals surface area contributed by atoms with E-state index in [1.165, 1.54) is 24.3 Å². The molecule has 3 aromatic rings. The lowest BCUT2D eigenvalue weighted by molar-refractivity contribution is 0.0913. The largest absolute Gasteiger partial charge is 0.497 e. The van der Waals surface area contributed by atoms with E-state index in [4.69, 9.17) is 13.9 Å². The minimum absolute atomic E-state index is 0.143. The van der Waals surface area contributed by atoms with Gasteiger partial charge in [-0.15, -0.1) is 10.2 Å². The number of methoxy groups -OCH3 is 1. The highest BCUT2D eigenvalue weighted by Crippen LogP contribution is 2.18. The molecule has 0 fully saturated rings. The second-order valence-corrected chi connectivity index (χ2v) is 5.20. The fourth-order valence-corrected chi connectivity index (χ4v) is 2.11. The summed E-state index contributed by atoms with van der Waals surface area (Å²) < 4.78 is 28.8. The number of nitrogens with one attached hydrogen (secondary N) is 1. The first-order chi connectivity index (χ1) is 12.7. The number of carbonyl (C=O) groups excluding carboxylic acids is 1. The molecule has 1 amide bonds. The van der Waals surface area contributed by atoms with Gasteiger partial charge in [-0.2, -0.15) is 0 Å². The number of ether oxygens (including phenoxy) is 2. The molecule has 3 rings (SSSR count). The lowest BCUT2D eigenvalue weighted by Gasteiger charge is -2.07. The third-order valence-corrected chi connectivity index (χ3v) is 3.43. The lowest BCUT2D eigenvalue weighted by atomic mass is 10.2. The number of amides is 1. The van der Waals surface area contributed by atoms with Crippen molar-refractivity contribution in [3.05, 3.63) is 60.2 Å². The van der Waals surface area contributed by atoms with Crippen molar-refractivity contribution in [2.75, 3.05) is 20.3 Å². The van der Waals surface area contributed by atoms with Crippen LogP contribution in [-0.2, 0) is 0 Å². The van der Waals surface area contributed by atoms with E-state index in [1.54, 1.807) is 31.4 Å². The van der Waals surface area contributed by atoms with Crippen molar-refractivity contribution in [1.29, 1.82) is 0 Å². The number of halogens is 1. The first-order valence-corrected chi connectivity index (χ1v) is 7.80. The highest BCUT2D eigenvalue weighted by Gasteiger charge is 2.15. The van der Waals surface area contributed by atoms with Crippen LogP contribution < -0.4 is 14.8 Å². The molecule has 26 heavy (non-hydrogen) atoms. The van der Waals surface area contributed by atoms with Gasteiger partial charge >= 0.3 is 11.8 Å². The number of benzene rings is 2. The van der Waals surface area contributed by atoms with Crippen LogP contribution in [0.2, 0.25) is 0 Å². The van der Waals surface area contributed by atoms with Crippen molar-refractivity contribution >= 4 is 5.91 Å². The molecule has 7 nitrogen and oxygen atoms in total. The summed E-state index contributed by atoms with van der Waals surface area (Å²) in [5.41, 5.74) is 0.529. The van der Waals surface area contributed by atoms with E-state index in [0.29, 0.717) is 11.3 Å². The number of nitrogens with zero attached hydrogens (tertiary/aromatic N) is 2. The zero-order valence-electron chi connectivity index (χ0n) is 13.9. The van der Waals surface area contributed by atoms with Gasteiger partial charge in [0.15, 0.2) is 0 Å². The van der Waals surface area contributed by atoms with Gasteiger partial charge in [0.05, 0.1) is 13.7 Å². The van der Waals surface area contributed by atoms with E-state index >= 15 is 0 Å². The van der Waals surface area contributed by atoms with Crippen LogP contribution in [-0.4, -0.2) is 36.4 Å². The Hall–Kier alpha value is -3.42. The summed E-state index contributed by atoms with van der Waals surface area (Å²) in [5.74, 6) is 0.487. The predicted molar refractivity (Wildman–Crippen MR) is 90.5 cm³/mol. The summed E-state index contributed by atoms with van der Waals surface area (Å²) in [6.07, 6.45) is 0. The van der Waals surface area contributed by atoms with Crippen LogP contribution in [0.1, 0.15) is 10.7 Å². The second kappa shape index (κ2) is 8.11. The van der Waals surface area contributed by atoms with Gasteiger partial charge in [0.1, 0.15) is 23.9 Å². The van der Waals surface area contributed by atoms with Crippen LogP contribution in [0, 0.1) is 5.82 Å². The molecule has 134 valence electrons. The number of aromatic nitrogens is 2. The number of rotatable bonds is 7. The Labute approximate surface area is 148 Å². The van der Waals surface area contributed by atoms with E-state index in [-0.39, 0.29) is 30.8 Å². The molecule has 0 saturated heterocycles. The van der Waals surface area contributed by atoms with Crippen molar-refractivity contribution < 1.29 is 23.1 Å². The van der Waals surface area contributed by atoms with Crippen molar-refractivity contribution in [2.45, 2.75) is 0 Å². The summed E-state index contributed by atoms with van der Waals surface area (Å²) >= 11 is 0. The maximum absolute atomic E-state index is 12.9. The van der Waals surface area contributed by atoms with Crippen LogP contribution in [0.4, 0.5) is 4.39 Å². The molecule has 0 saturated carbocycles. The average molecular weight is 357 g/mol. The van der Waals surface area contributed by atoms with Gasteiger partial charge in [-0.1, -0.05) is 0 Å².